The molecule has 0 radical (unpaired) electrons. The monoisotopic (exact) mass is 602 g/mol. The van der Waals surface area contributed by atoms with Crippen molar-refractivity contribution in [2.45, 2.75) is 124 Å². The lowest BCUT2D eigenvalue weighted by molar-refractivity contribution is -0.361. The molecule has 0 aromatic heterocycles. The first kappa shape index (κ1) is 33.2. The van der Waals surface area contributed by atoms with Crippen LogP contribution in [0.15, 0.2) is 0 Å². The van der Waals surface area contributed by atoms with E-state index < -0.39 is 125 Å². The second-order valence-corrected chi connectivity index (χ2v) is 10.6. The quantitative estimate of drug-likeness (QED) is 0.112. The maximum atomic E-state index is 10.8. The molecule has 0 saturated carbocycles. The summed E-state index contributed by atoms with van der Waals surface area (Å²) in [5, 5.41) is 100. The molecule has 17 nitrogen and oxygen atoms in total. The Bertz CT molecular complexity index is 789. The van der Waals surface area contributed by atoms with Crippen molar-refractivity contribution in [3.8, 4) is 0 Å². The van der Waals surface area contributed by atoms with Crippen molar-refractivity contribution in [1.82, 2.24) is 0 Å². The molecule has 4 rings (SSSR count). The van der Waals surface area contributed by atoms with Crippen LogP contribution in [0.3, 0.4) is 0 Å². The van der Waals surface area contributed by atoms with Gasteiger partial charge in [0.15, 0.2) is 25.2 Å². The first-order valence-electron chi connectivity index (χ1n) is 13.7. The largest absolute Gasteiger partial charge is 0.394 e. The third-order valence-electron chi connectivity index (χ3n) is 7.83. The van der Waals surface area contributed by atoms with E-state index in [0.717, 1.165) is 0 Å². The normalized spacial score (nSPS) is 49.6. The van der Waals surface area contributed by atoms with E-state index in [9.17, 15) is 51.1 Å². The molecule has 0 aliphatic carbocycles. The molecule has 240 valence electrons. The van der Waals surface area contributed by atoms with Crippen molar-refractivity contribution in [3.63, 3.8) is 0 Å². The lowest BCUT2D eigenvalue weighted by Crippen LogP contribution is -2.62. The molecule has 10 N–H and O–H groups in total. The molecule has 0 spiro atoms. The van der Waals surface area contributed by atoms with E-state index >= 15 is 0 Å². The van der Waals surface area contributed by atoms with Gasteiger partial charge in [0.1, 0.15) is 61.0 Å². The topological polar surface area (TPSA) is 267 Å². The first-order valence-corrected chi connectivity index (χ1v) is 13.7. The minimum absolute atomic E-state index is 0.135. The smallest absolute Gasteiger partial charge is 0.187 e. The standard InChI is InChI=1S/C24H42O17/c25-5-11-9(1-3-15(29)35-11)37-24-21(34)19(32)22(14(8-28)40-24)41-16-4-2-10(12(6-26)36-16)38-23-20(33)18(31)17(30)13(7-27)39-23/h9-34H,1-8H2/t9-,10-,11?,12?,13?,14?,15-,16+,17+,18+,19-,20?,21?,22+,23-,24-/m0/s1. The maximum Gasteiger partial charge on any atom is 0.187 e. The maximum absolute atomic E-state index is 10.8. The molecule has 16 atom stereocenters. The molecule has 4 heterocycles. The molecule has 6 unspecified atom stereocenters. The summed E-state index contributed by atoms with van der Waals surface area (Å²) in [7, 11) is 0. The Morgan fingerprint density at radius 3 is 1.56 bits per heavy atom. The Hall–Kier alpha value is -0.680. The van der Waals surface area contributed by atoms with Gasteiger partial charge in [0.2, 0.25) is 0 Å². The fraction of sp³-hybridized carbons (Fsp3) is 1.00. The third kappa shape index (κ3) is 7.52. The lowest BCUT2D eigenvalue weighted by atomic mass is 9.97. The van der Waals surface area contributed by atoms with Crippen molar-refractivity contribution in [2.75, 3.05) is 26.4 Å². The number of aliphatic hydroxyl groups is 10. The van der Waals surface area contributed by atoms with E-state index in [1.807, 2.05) is 0 Å². The van der Waals surface area contributed by atoms with Gasteiger partial charge in [-0.2, -0.15) is 0 Å². The SMILES string of the molecule is OCC1O[C@H](O[C@@H]2C(CO)O[C@H](O[C@H]3CC[C@@H](O)OC3CO)C(O)[C@@H]2O)CC[C@@H]1O[C@H]1OC(CO)[C@@H](O)[C@@H](O)C1O. The van der Waals surface area contributed by atoms with Gasteiger partial charge < -0.3 is 84.2 Å². The predicted octanol–water partition coefficient (Wildman–Crippen LogP) is -5.63. The molecule has 0 amide bonds. The predicted molar refractivity (Wildman–Crippen MR) is 128 cm³/mol. The Morgan fingerprint density at radius 2 is 0.976 bits per heavy atom. The molecule has 4 aliphatic heterocycles. The number of rotatable bonds is 10. The van der Waals surface area contributed by atoms with E-state index in [-0.39, 0.29) is 25.7 Å². The van der Waals surface area contributed by atoms with Gasteiger partial charge in [-0.25, -0.2) is 0 Å². The van der Waals surface area contributed by atoms with Crippen LogP contribution < -0.4 is 0 Å². The van der Waals surface area contributed by atoms with Crippen LogP contribution in [-0.4, -0.2) is 176 Å². The van der Waals surface area contributed by atoms with Crippen molar-refractivity contribution >= 4 is 0 Å². The zero-order chi connectivity index (χ0) is 29.8. The van der Waals surface area contributed by atoms with Gasteiger partial charge in [-0.3, -0.25) is 0 Å². The van der Waals surface area contributed by atoms with E-state index in [4.69, 9.17) is 33.2 Å². The molecule has 0 aromatic carbocycles. The minimum atomic E-state index is -1.65. The van der Waals surface area contributed by atoms with Crippen LogP contribution in [0.5, 0.6) is 0 Å². The van der Waals surface area contributed by atoms with Crippen molar-refractivity contribution in [1.29, 1.82) is 0 Å². The van der Waals surface area contributed by atoms with Crippen molar-refractivity contribution in [2.24, 2.45) is 0 Å². The van der Waals surface area contributed by atoms with E-state index in [1.165, 1.54) is 0 Å². The molecule has 0 aromatic rings. The Kier molecular flexibility index (Phi) is 12.0. The molecule has 0 bridgehead atoms. The van der Waals surface area contributed by atoms with Crippen LogP contribution in [-0.2, 0) is 33.2 Å². The van der Waals surface area contributed by atoms with Crippen LogP contribution >= 0.6 is 0 Å². The minimum Gasteiger partial charge on any atom is -0.394 e. The summed E-state index contributed by atoms with van der Waals surface area (Å²) in [4.78, 5) is 0. The van der Waals surface area contributed by atoms with Crippen LogP contribution in [0.25, 0.3) is 0 Å². The lowest BCUT2D eigenvalue weighted by Gasteiger charge is -2.46. The van der Waals surface area contributed by atoms with E-state index in [2.05, 4.69) is 0 Å². The molecule has 41 heavy (non-hydrogen) atoms. The third-order valence-corrected chi connectivity index (χ3v) is 7.83. The van der Waals surface area contributed by atoms with Gasteiger partial charge in [0, 0.05) is 12.8 Å². The summed E-state index contributed by atoms with van der Waals surface area (Å²) in [6, 6.07) is 0. The average molecular weight is 603 g/mol. The zero-order valence-electron chi connectivity index (χ0n) is 22.2. The second-order valence-electron chi connectivity index (χ2n) is 10.6. The van der Waals surface area contributed by atoms with E-state index in [0.29, 0.717) is 0 Å². The number of hydrogen-bond acceptors (Lipinski definition) is 17. The Morgan fingerprint density at radius 1 is 0.463 bits per heavy atom. The van der Waals surface area contributed by atoms with Gasteiger partial charge in [-0.1, -0.05) is 0 Å². The van der Waals surface area contributed by atoms with Crippen molar-refractivity contribution in [3.05, 3.63) is 0 Å². The summed E-state index contributed by atoms with van der Waals surface area (Å²) < 4.78 is 39.3. The fourth-order valence-corrected chi connectivity index (χ4v) is 5.45. The zero-order valence-corrected chi connectivity index (χ0v) is 22.2. The summed E-state index contributed by atoms with van der Waals surface area (Å²) in [6.07, 6.45) is -19.4. The molecular formula is C24H42O17. The van der Waals surface area contributed by atoms with Crippen LogP contribution in [0.2, 0.25) is 0 Å². The summed E-state index contributed by atoms with van der Waals surface area (Å²) in [5.41, 5.74) is 0. The van der Waals surface area contributed by atoms with Gasteiger partial charge in [-0.05, 0) is 12.8 Å². The molecule has 4 fully saturated rings. The summed E-state index contributed by atoms with van der Waals surface area (Å²) >= 11 is 0. The fourth-order valence-electron chi connectivity index (χ4n) is 5.45. The van der Waals surface area contributed by atoms with Gasteiger partial charge >= 0.3 is 0 Å². The first-order chi connectivity index (χ1) is 19.6. The molecule has 4 aliphatic rings. The highest BCUT2D eigenvalue weighted by Gasteiger charge is 2.50. The van der Waals surface area contributed by atoms with Crippen LogP contribution in [0.4, 0.5) is 0 Å². The highest BCUT2D eigenvalue weighted by atomic mass is 16.8. The molecule has 17 heteroatoms. The molecule has 4 saturated heterocycles. The Balaban J connectivity index is 1.34. The van der Waals surface area contributed by atoms with Gasteiger partial charge in [-0.15, -0.1) is 0 Å². The summed E-state index contributed by atoms with van der Waals surface area (Å²) in [5.74, 6) is 0. The van der Waals surface area contributed by atoms with Crippen molar-refractivity contribution < 1.29 is 84.2 Å². The van der Waals surface area contributed by atoms with Crippen LogP contribution in [0, 0.1) is 0 Å². The number of hydrogen-bond donors (Lipinski definition) is 10. The average Bonchev–Trinajstić information content (AvgIpc) is 2.98. The van der Waals surface area contributed by atoms with Crippen LogP contribution in [0.1, 0.15) is 25.7 Å². The number of ether oxygens (including phenoxy) is 7. The summed E-state index contributed by atoms with van der Waals surface area (Å²) in [6.45, 7) is -2.29. The van der Waals surface area contributed by atoms with E-state index in [1.54, 1.807) is 0 Å². The van der Waals surface area contributed by atoms with Gasteiger partial charge in [0.05, 0.1) is 38.6 Å². The Labute approximate surface area is 235 Å². The molecular weight excluding hydrogens is 560 g/mol. The second kappa shape index (κ2) is 14.9. The highest BCUT2D eigenvalue weighted by molar-refractivity contribution is 4.93. The number of aliphatic hydroxyl groups excluding tert-OH is 10. The highest BCUT2D eigenvalue weighted by Crippen LogP contribution is 2.33. The van der Waals surface area contributed by atoms with Gasteiger partial charge in [0.25, 0.3) is 0 Å².